The summed E-state index contributed by atoms with van der Waals surface area (Å²) in [5.41, 5.74) is 2.82. The standard InChI is InChI=1S/C37H44FN7O6/c1-51-26-13-10-21(11-14-26)27-16-17-44(35(47)23-8-6-22(7-9-23)31(20-38)41-37(49)50)33(27)34(46)39-25-12-15-28-24(18-25)19-30(40-28)36(48)45-32-5-3-2-4-29(32)42-43-45/h2-5,12,15,18-19,21-23,26-27,31,33,40-41H,6-11,13-14,16-17,20H2,1H3,(H,39,46)(H,49,50)/t21-,22?,23?,26-,27-,31+,33-/m0/s1. The molecule has 3 fully saturated rings. The van der Waals surface area contributed by atoms with Gasteiger partial charge in [-0.05, 0) is 112 Å². The van der Waals surface area contributed by atoms with Gasteiger partial charge in [-0.1, -0.05) is 17.3 Å². The van der Waals surface area contributed by atoms with Crippen molar-refractivity contribution in [2.45, 2.75) is 76.0 Å². The van der Waals surface area contributed by atoms with Crippen LogP contribution in [0.25, 0.3) is 21.9 Å². The number of benzene rings is 2. The van der Waals surface area contributed by atoms with Gasteiger partial charge in [0, 0.05) is 36.2 Å². The number of aromatic nitrogens is 4. The zero-order valence-corrected chi connectivity index (χ0v) is 28.6. The molecule has 0 bridgehead atoms. The molecule has 4 N–H and O–H groups in total. The molecule has 13 nitrogen and oxygen atoms in total. The second-order valence-corrected chi connectivity index (χ2v) is 14.3. The summed E-state index contributed by atoms with van der Waals surface area (Å²) in [7, 11) is 1.73. The quantitative estimate of drug-likeness (QED) is 0.180. The Bertz CT molecular complexity index is 1910. The van der Waals surface area contributed by atoms with E-state index in [0.29, 0.717) is 54.6 Å². The van der Waals surface area contributed by atoms with E-state index < -0.39 is 24.9 Å². The molecule has 1 saturated heterocycles. The lowest BCUT2D eigenvalue weighted by Crippen LogP contribution is -2.50. The minimum atomic E-state index is -1.25. The van der Waals surface area contributed by atoms with Gasteiger partial charge in [0.15, 0.2) is 0 Å². The van der Waals surface area contributed by atoms with E-state index >= 15 is 0 Å². The van der Waals surface area contributed by atoms with Gasteiger partial charge >= 0.3 is 6.09 Å². The number of H-pyrrole nitrogens is 1. The largest absolute Gasteiger partial charge is 0.465 e. The van der Waals surface area contributed by atoms with Crippen LogP contribution in [0.15, 0.2) is 48.5 Å². The summed E-state index contributed by atoms with van der Waals surface area (Å²) in [6, 6.07) is 12.9. The normalized spacial score (nSPS) is 25.9. The van der Waals surface area contributed by atoms with Crippen molar-refractivity contribution in [1.29, 1.82) is 0 Å². The summed E-state index contributed by atoms with van der Waals surface area (Å²) in [6.45, 7) is -0.305. The number of carbonyl (C=O) groups excluding carboxylic acids is 3. The van der Waals surface area contributed by atoms with E-state index in [0.717, 1.165) is 43.0 Å². The number of carboxylic acid groups (broad SMARTS) is 1. The average molecular weight is 702 g/mol. The Labute approximate surface area is 294 Å². The summed E-state index contributed by atoms with van der Waals surface area (Å²) in [5.74, 6) is -0.862. The van der Waals surface area contributed by atoms with E-state index in [2.05, 4.69) is 25.9 Å². The van der Waals surface area contributed by atoms with Gasteiger partial charge in [-0.2, -0.15) is 4.68 Å². The number of amides is 3. The maximum Gasteiger partial charge on any atom is 0.404 e. The molecule has 2 aromatic carbocycles. The van der Waals surface area contributed by atoms with Crippen LogP contribution in [0.3, 0.4) is 0 Å². The number of alkyl halides is 1. The fourth-order valence-electron chi connectivity index (χ4n) is 8.76. The Morgan fingerprint density at radius 2 is 1.76 bits per heavy atom. The van der Waals surface area contributed by atoms with Crippen LogP contribution in [0.1, 0.15) is 68.3 Å². The first-order valence-electron chi connectivity index (χ1n) is 17.9. The number of para-hydroxylation sites is 1. The summed E-state index contributed by atoms with van der Waals surface area (Å²) in [5, 5.41) is 23.4. The minimum absolute atomic E-state index is 0.00324. The number of fused-ring (bicyclic) bond motifs is 2. The van der Waals surface area contributed by atoms with E-state index in [1.54, 1.807) is 36.3 Å². The van der Waals surface area contributed by atoms with Crippen LogP contribution in [0, 0.1) is 23.7 Å². The molecule has 4 aromatic rings. The Kier molecular flexibility index (Phi) is 10.0. The Morgan fingerprint density at radius 3 is 2.49 bits per heavy atom. The first-order valence-corrected chi connectivity index (χ1v) is 17.9. The number of hydrogen-bond donors (Lipinski definition) is 4. The molecule has 0 radical (unpaired) electrons. The lowest BCUT2D eigenvalue weighted by atomic mass is 9.75. The lowest BCUT2D eigenvalue weighted by Gasteiger charge is -2.37. The maximum atomic E-state index is 14.3. The fraction of sp³-hybridized carbons (Fsp3) is 0.514. The van der Waals surface area contributed by atoms with Crippen LogP contribution in [0.2, 0.25) is 0 Å². The predicted octanol–water partition coefficient (Wildman–Crippen LogP) is 5.37. The van der Waals surface area contributed by atoms with Gasteiger partial charge in [0.25, 0.3) is 5.91 Å². The molecule has 0 unspecified atom stereocenters. The highest BCUT2D eigenvalue weighted by Crippen LogP contribution is 2.42. The van der Waals surface area contributed by atoms with E-state index in [9.17, 15) is 23.6 Å². The first kappa shape index (κ1) is 34.6. The van der Waals surface area contributed by atoms with E-state index in [1.165, 1.54) is 4.68 Å². The lowest BCUT2D eigenvalue weighted by molar-refractivity contribution is -0.142. The molecule has 2 aliphatic carbocycles. The Balaban J connectivity index is 1.08. The topological polar surface area (TPSA) is 172 Å². The monoisotopic (exact) mass is 701 g/mol. The van der Waals surface area contributed by atoms with Crippen molar-refractivity contribution in [2.75, 3.05) is 25.6 Å². The van der Waals surface area contributed by atoms with Crippen LogP contribution in [0.5, 0.6) is 0 Å². The molecule has 0 spiro atoms. The molecule has 3 heterocycles. The molecule has 51 heavy (non-hydrogen) atoms. The number of nitrogens with zero attached hydrogens (tertiary/aromatic N) is 4. The van der Waals surface area contributed by atoms with Crippen LogP contribution in [-0.4, -0.2) is 92.3 Å². The second kappa shape index (κ2) is 14.8. The molecule has 7 rings (SSSR count). The number of carbonyl (C=O) groups is 4. The molecule has 2 saturated carbocycles. The number of methoxy groups -OCH3 is 1. The van der Waals surface area contributed by atoms with E-state index in [1.807, 2.05) is 24.3 Å². The van der Waals surface area contributed by atoms with Crippen molar-refractivity contribution in [3.8, 4) is 0 Å². The van der Waals surface area contributed by atoms with Crippen LogP contribution in [-0.2, 0) is 14.3 Å². The van der Waals surface area contributed by atoms with Crippen molar-refractivity contribution in [3.63, 3.8) is 0 Å². The molecule has 3 atom stereocenters. The van der Waals surface area contributed by atoms with Crippen molar-refractivity contribution >= 4 is 51.4 Å². The van der Waals surface area contributed by atoms with Gasteiger partial charge < -0.3 is 30.4 Å². The van der Waals surface area contributed by atoms with Gasteiger partial charge in [0.1, 0.15) is 23.9 Å². The molecule has 1 aliphatic heterocycles. The molecule has 2 aromatic heterocycles. The number of likely N-dealkylation sites (tertiary alicyclic amines) is 1. The summed E-state index contributed by atoms with van der Waals surface area (Å²) in [4.78, 5) is 57.9. The molecule has 14 heteroatoms. The number of hydrogen-bond acceptors (Lipinski definition) is 7. The SMILES string of the molecule is CO[C@H]1CC[C@H]([C@@H]2CCN(C(=O)C3CCC([C@@H](CF)NC(=O)O)CC3)[C@@H]2C(=O)Nc2ccc3[nH]c(C(=O)n4nnc5ccccc54)cc3c2)CC1. The molecular weight excluding hydrogens is 657 g/mol. The third kappa shape index (κ3) is 7.06. The zero-order valence-electron chi connectivity index (χ0n) is 28.6. The van der Waals surface area contributed by atoms with Crippen molar-refractivity contribution in [1.82, 2.24) is 30.2 Å². The zero-order chi connectivity index (χ0) is 35.6. The van der Waals surface area contributed by atoms with Crippen molar-refractivity contribution < 1.29 is 33.4 Å². The third-order valence-corrected chi connectivity index (χ3v) is 11.5. The molecule has 3 aliphatic rings. The first-order chi connectivity index (χ1) is 24.7. The average Bonchev–Trinajstić information content (AvgIpc) is 3.90. The number of halogens is 1. The summed E-state index contributed by atoms with van der Waals surface area (Å²) in [6.07, 6.45) is 5.48. The van der Waals surface area contributed by atoms with Crippen LogP contribution in [0.4, 0.5) is 14.9 Å². The predicted molar refractivity (Wildman–Crippen MR) is 187 cm³/mol. The van der Waals surface area contributed by atoms with E-state index in [-0.39, 0.29) is 47.5 Å². The highest BCUT2D eigenvalue weighted by atomic mass is 19.1. The Morgan fingerprint density at radius 1 is 1.00 bits per heavy atom. The number of rotatable bonds is 9. The van der Waals surface area contributed by atoms with Gasteiger partial charge in [-0.3, -0.25) is 14.4 Å². The number of anilines is 1. The number of nitrogens with one attached hydrogen (secondary N) is 3. The molecule has 3 amide bonds. The van der Waals surface area contributed by atoms with Crippen LogP contribution >= 0.6 is 0 Å². The van der Waals surface area contributed by atoms with Crippen LogP contribution < -0.4 is 10.6 Å². The summed E-state index contributed by atoms with van der Waals surface area (Å²) < 4.78 is 20.5. The Hall–Kier alpha value is -4.85. The molecule has 270 valence electrons. The third-order valence-electron chi connectivity index (χ3n) is 11.5. The highest BCUT2D eigenvalue weighted by Gasteiger charge is 2.47. The van der Waals surface area contributed by atoms with Gasteiger partial charge in [0.2, 0.25) is 11.8 Å². The highest BCUT2D eigenvalue weighted by molar-refractivity contribution is 6.04. The van der Waals surface area contributed by atoms with Gasteiger partial charge in [-0.15, -0.1) is 5.10 Å². The molecular formula is C37H44FN7O6. The second-order valence-electron chi connectivity index (χ2n) is 14.3. The fourth-order valence-corrected chi connectivity index (χ4v) is 8.76. The number of aromatic amines is 1. The smallest absolute Gasteiger partial charge is 0.404 e. The van der Waals surface area contributed by atoms with Gasteiger partial charge in [0.05, 0.1) is 17.7 Å². The van der Waals surface area contributed by atoms with E-state index in [4.69, 9.17) is 9.84 Å². The number of ether oxygens (including phenoxy) is 1. The summed E-state index contributed by atoms with van der Waals surface area (Å²) >= 11 is 0. The van der Waals surface area contributed by atoms with Crippen molar-refractivity contribution in [2.24, 2.45) is 23.7 Å². The van der Waals surface area contributed by atoms with Gasteiger partial charge in [-0.25, -0.2) is 9.18 Å². The van der Waals surface area contributed by atoms with Crippen molar-refractivity contribution in [3.05, 3.63) is 54.2 Å². The maximum absolute atomic E-state index is 14.3. The minimum Gasteiger partial charge on any atom is -0.465 e.